The Hall–Kier alpha value is -0.0000000000000000555. The van der Waals surface area contributed by atoms with Gasteiger partial charge in [0, 0.05) is 0 Å². The van der Waals surface area contributed by atoms with Gasteiger partial charge in [0.15, 0.2) is 0 Å². The fourth-order valence-electron chi connectivity index (χ4n) is 0. The Morgan fingerprint density at radius 1 is 1.00 bits per heavy atom. The van der Waals surface area contributed by atoms with Crippen LogP contribution in [0.1, 0.15) is 0 Å². The summed E-state index contributed by atoms with van der Waals surface area (Å²) in [4.78, 5) is 0. The van der Waals surface area contributed by atoms with Crippen LogP contribution in [0.3, 0.4) is 0 Å². The van der Waals surface area contributed by atoms with E-state index in [2.05, 4.69) is 0 Å². The van der Waals surface area contributed by atoms with Crippen LogP contribution >= 0.6 is 0 Å². The normalized spacial score (nSPS) is 12.9. The fourth-order valence-corrected chi connectivity index (χ4v) is 0. The van der Waals surface area contributed by atoms with E-state index in [4.69, 9.17) is 0 Å². The van der Waals surface area contributed by atoms with Gasteiger partial charge in [-0.2, -0.15) is 0 Å². The highest BCUT2D eigenvalue weighted by atomic mass is 32.3. The van der Waals surface area contributed by atoms with E-state index in [0.29, 0.717) is 0 Å². The van der Waals surface area contributed by atoms with E-state index in [1.165, 1.54) is 0 Å². The third-order valence-electron chi connectivity index (χ3n) is 0.175. The summed E-state index contributed by atoms with van der Waals surface area (Å²) in [7, 11) is 0. The summed E-state index contributed by atoms with van der Waals surface area (Å²) in [5, 5.41) is 0. The molecule has 0 aliphatic heterocycles. The first kappa shape index (κ1) is 7.00. The van der Waals surface area contributed by atoms with Crippen molar-refractivity contribution in [2.24, 2.45) is 0 Å². The molecule has 0 amide bonds. The monoisotopic (exact) mass is 139 g/mol. The molecule has 7 heavy (non-hydrogen) atoms. The van der Waals surface area contributed by atoms with E-state index >= 15 is 0 Å². The molecule has 0 atom stereocenters. The molecule has 0 N–H and O–H groups in total. The zero-order valence-electron chi connectivity index (χ0n) is 2.80. The average Bonchev–Trinajstić information content (AvgIpc) is 1.31. The lowest BCUT2D eigenvalue weighted by molar-refractivity contribution is -0.0443. The second-order valence-corrected chi connectivity index (χ2v) is 1.55. The molecule has 0 aromatic rings. The highest BCUT2D eigenvalue weighted by Crippen LogP contribution is 2.27. The van der Waals surface area contributed by atoms with Crippen LogP contribution in [0.2, 0.25) is 0 Å². The van der Waals surface area contributed by atoms with Crippen molar-refractivity contribution < 1.29 is 20.9 Å². The Balaban J connectivity index is 3.54. The van der Waals surface area contributed by atoms with Gasteiger partial charge in [0.2, 0.25) is 0 Å². The summed E-state index contributed by atoms with van der Waals surface area (Å²) < 4.78 is 52.2. The minimum Gasteiger partial charge on any atom is -0.117 e. The predicted octanol–water partition coefficient (Wildman–Crippen LogP) is 1.89. The third-order valence-corrected chi connectivity index (χ3v) is 0.525. The number of hydrogen-bond donors (Lipinski definition) is 0. The van der Waals surface area contributed by atoms with Crippen molar-refractivity contribution >= 4 is 11.7 Å². The molecule has 0 aliphatic rings. The summed E-state index contributed by atoms with van der Waals surface area (Å²) in [6.45, 7) is 0. The topological polar surface area (TPSA) is 0 Å². The lowest BCUT2D eigenvalue weighted by Gasteiger charge is -1.84. The highest BCUT2D eigenvalue weighted by Gasteiger charge is 2.58. The summed E-state index contributed by atoms with van der Waals surface area (Å²) >= 11 is -4.43. The van der Waals surface area contributed by atoms with Gasteiger partial charge in [0.25, 0.3) is 0 Å². The molecule has 0 rings (SSSR count). The molecule has 0 aromatic carbocycles. The molecule has 0 fully saturated rings. The van der Waals surface area contributed by atoms with Crippen molar-refractivity contribution in [3.63, 3.8) is 0 Å². The molecule has 0 radical (unpaired) electrons. The molecule has 0 unspecified atom stereocenters. The largest absolute Gasteiger partial charge is 0.656 e. The van der Waals surface area contributed by atoms with Gasteiger partial charge in [-0.3, -0.25) is 0 Å². The standard InChI is InChI=1S/CF5S/c2-1(3,4)7(5)6/q+1. The van der Waals surface area contributed by atoms with Gasteiger partial charge in [-0.1, -0.05) is 0 Å². The second kappa shape index (κ2) is 1.85. The van der Waals surface area contributed by atoms with Crippen LogP contribution in [0, 0.1) is 0 Å². The lowest BCUT2D eigenvalue weighted by atomic mass is 11.6. The van der Waals surface area contributed by atoms with E-state index in [1.807, 2.05) is 0 Å². The Bertz CT molecular complexity index is 53.6. The van der Waals surface area contributed by atoms with Gasteiger partial charge < -0.3 is 0 Å². The number of alkyl halides is 3. The van der Waals surface area contributed by atoms with E-state index in [0.717, 1.165) is 0 Å². The van der Waals surface area contributed by atoms with Gasteiger partial charge in [0.05, 0.1) is 7.77 Å². The van der Waals surface area contributed by atoms with Crippen LogP contribution in [0.25, 0.3) is 0 Å². The zero-order chi connectivity index (χ0) is 6.08. The molecular formula is CF5S+. The van der Waals surface area contributed by atoms with Crippen LogP contribution in [0.4, 0.5) is 20.9 Å². The van der Waals surface area contributed by atoms with E-state index in [-0.39, 0.29) is 0 Å². The van der Waals surface area contributed by atoms with Crippen LogP contribution in [-0.4, -0.2) is 5.51 Å². The second-order valence-electron chi connectivity index (χ2n) is 0.658. The van der Waals surface area contributed by atoms with Gasteiger partial charge in [-0.25, -0.2) is 0 Å². The van der Waals surface area contributed by atoms with E-state index < -0.39 is 17.2 Å². The summed E-state index contributed by atoms with van der Waals surface area (Å²) in [5.41, 5.74) is -5.31. The Kier molecular flexibility index (Phi) is 1.85. The maximum absolute atomic E-state index is 10.4. The molecule has 0 aromatic heterocycles. The maximum Gasteiger partial charge on any atom is 0.656 e. The molecule has 6 heteroatoms. The Morgan fingerprint density at radius 2 is 1.14 bits per heavy atom. The van der Waals surface area contributed by atoms with Crippen molar-refractivity contribution in [3.8, 4) is 0 Å². The molecule has 44 valence electrons. The molecule has 0 saturated carbocycles. The van der Waals surface area contributed by atoms with Crippen LogP contribution < -0.4 is 0 Å². The van der Waals surface area contributed by atoms with Crippen LogP contribution in [0.5, 0.6) is 0 Å². The van der Waals surface area contributed by atoms with E-state index in [1.54, 1.807) is 0 Å². The molecular weight excluding hydrogens is 139 g/mol. The third kappa shape index (κ3) is 2.67. The van der Waals surface area contributed by atoms with E-state index in [9.17, 15) is 20.9 Å². The number of rotatable bonds is 0. The highest BCUT2D eigenvalue weighted by molar-refractivity contribution is 7.87. The first-order valence-electron chi connectivity index (χ1n) is 1.08. The van der Waals surface area contributed by atoms with Crippen molar-refractivity contribution in [1.82, 2.24) is 0 Å². The number of halogens is 5. The Morgan fingerprint density at radius 3 is 1.14 bits per heavy atom. The molecule has 0 bridgehead atoms. The maximum atomic E-state index is 10.4. The SMILES string of the molecule is F[S+](F)C(F)(F)F. The fraction of sp³-hybridized carbons (Fsp3) is 1.00. The van der Waals surface area contributed by atoms with Gasteiger partial charge in [-0.05, 0) is 0 Å². The molecule has 0 heterocycles. The van der Waals surface area contributed by atoms with Gasteiger partial charge >= 0.3 is 17.2 Å². The molecule has 0 nitrogen and oxygen atoms in total. The summed E-state index contributed by atoms with van der Waals surface area (Å²) in [6.07, 6.45) is 0. The van der Waals surface area contributed by atoms with Crippen molar-refractivity contribution in [1.29, 1.82) is 0 Å². The first-order chi connectivity index (χ1) is 2.94. The molecule has 0 spiro atoms. The molecule has 0 saturated heterocycles. The van der Waals surface area contributed by atoms with Crippen LogP contribution in [0.15, 0.2) is 0 Å². The number of hydrogen-bond acceptors (Lipinski definition) is 0. The smallest absolute Gasteiger partial charge is 0.117 e. The first-order valence-corrected chi connectivity index (χ1v) is 2.11. The average molecular weight is 139 g/mol. The van der Waals surface area contributed by atoms with Gasteiger partial charge in [-0.15, -0.1) is 13.2 Å². The Labute approximate surface area is 39.2 Å². The quantitative estimate of drug-likeness (QED) is 0.355. The summed E-state index contributed by atoms with van der Waals surface area (Å²) in [5.74, 6) is 0. The van der Waals surface area contributed by atoms with Crippen molar-refractivity contribution in [2.75, 3.05) is 0 Å². The van der Waals surface area contributed by atoms with Gasteiger partial charge in [0.1, 0.15) is 0 Å². The van der Waals surface area contributed by atoms with Crippen molar-refractivity contribution in [2.45, 2.75) is 5.51 Å². The predicted molar refractivity (Wildman–Crippen MR) is 15.6 cm³/mol. The lowest BCUT2D eigenvalue weighted by Crippen LogP contribution is -2.13. The van der Waals surface area contributed by atoms with Crippen LogP contribution in [-0.2, 0) is 11.7 Å². The molecule has 0 aliphatic carbocycles. The van der Waals surface area contributed by atoms with Crippen molar-refractivity contribution in [3.05, 3.63) is 0 Å². The summed E-state index contributed by atoms with van der Waals surface area (Å²) in [6, 6.07) is 0. The minimum atomic E-state index is -5.31. The zero-order valence-corrected chi connectivity index (χ0v) is 3.61. The minimum absolute atomic E-state index is 4.43.